The minimum atomic E-state index is -0.141. The van der Waals surface area contributed by atoms with Gasteiger partial charge in [0.25, 0.3) is 0 Å². The summed E-state index contributed by atoms with van der Waals surface area (Å²) >= 11 is 0. The van der Waals surface area contributed by atoms with Gasteiger partial charge in [-0.2, -0.15) is 0 Å². The molecule has 0 N–H and O–H groups in total. The van der Waals surface area contributed by atoms with Gasteiger partial charge >= 0.3 is 11.9 Å². The molecule has 0 aliphatic heterocycles. The van der Waals surface area contributed by atoms with E-state index in [2.05, 4.69) is 13.8 Å². The van der Waals surface area contributed by atoms with Crippen LogP contribution in [0.2, 0.25) is 0 Å². The van der Waals surface area contributed by atoms with Crippen LogP contribution in [0, 0.1) is 11.8 Å². The molecule has 4 heteroatoms. The van der Waals surface area contributed by atoms with Gasteiger partial charge in [-0.05, 0) is 31.1 Å². The van der Waals surface area contributed by atoms with Gasteiger partial charge in [-0.15, -0.1) is 0 Å². The third-order valence-corrected chi connectivity index (χ3v) is 2.80. The average Bonchev–Trinajstić information content (AvgIpc) is 2.35. The molecule has 0 aliphatic rings. The molecule has 0 radical (unpaired) electrons. The normalized spacial score (nSPS) is 10.9. The van der Waals surface area contributed by atoms with Gasteiger partial charge in [-0.3, -0.25) is 9.59 Å². The van der Waals surface area contributed by atoms with Crippen molar-refractivity contribution in [1.29, 1.82) is 0 Å². The molecule has 0 rings (SSSR count). The topological polar surface area (TPSA) is 52.6 Å². The number of rotatable bonds is 11. The summed E-state index contributed by atoms with van der Waals surface area (Å²) in [5, 5.41) is 0. The largest absolute Gasteiger partial charge is 0.466 e. The second-order valence-electron chi connectivity index (χ2n) is 6.04. The lowest BCUT2D eigenvalue weighted by Gasteiger charge is -2.07. The maximum atomic E-state index is 11.4. The third-order valence-electron chi connectivity index (χ3n) is 2.80. The van der Waals surface area contributed by atoms with Crippen LogP contribution in [-0.2, 0) is 19.1 Å². The summed E-state index contributed by atoms with van der Waals surface area (Å²) in [6, 6.07) is 0. The fraction of sp³-hybridized carbons (Fsp3) is 0.875. The van der Waals surface area contributed by atoms with Gasteiger partial charge in [0.1, 0.15) is 0 Å². The maximum absolute atomic E-state index is 11.4. The molecule has 0 atom stereocenters. The molecule has 0 saturated carbocycles. The van der Waals surface area contributed by atoms with Gasteiger partial charge in [-0.1, -0.05) is 34.1 Å². The van der Waals surface area contributed by atoms with Crippen LogP contribution >= 0.6 is 0 Å². The van der Waals surface area contributed by atoms with Crippen molar-refractivity contribution in [1.82, 2.24) is 0 Å². The van der Waals surface area contributed by atoms with Crippen LogP contribution < -0.4 is 0 Å². The Balaban J connectivity index is 3.38. The Morgan fingerprint density at radius 1 is 0.800 bits per heavy atom. The van der Waals surface area contributed by atoms with Crippen molar-refractivity contribution >= 4 is 11.9 Å². The first-order valence-electron chi connectivity index (χ1n) is 7.73. The predicted molar refractivity (Wildman–Crippen MR) is 79.3 cm³/mol. The molecule has 0 aliphatic carbocycles. The second kappa shape index (κ2) is 11.7. The molecule has 0 aromatic heterocycles. The van der Waals surface area contributed by atoms with Crippen LogP contribution in [0.3, 0.4) is 0 Å². The molecule has 20 heavy (non-hydrogen) atoms. The lowest BCUT2D eigenvalue weighted by atomic mass is 10.1. The van der Waals surface area contributed by atoms with Crippen molar-refractivity contribution in [2.75, 3.05) is 13.2 Å². The molecule has 0 aromatic rings. The van der Waals surface area contributed by atoms with E-state index in [1.54, 1.807) is 0 Å². The van der Waals surface area contributed by atoms with Gasteiger partial charge in [0.15, 0.2) is 0 Å². The smallest absolute Gasteiger partial charge is 0.305 e. The van der Waals surface area contributed by atoms with Crippen LogP contribution in [0.15, 0.2) is 0 Å². The summed E-state index contributed by atoms with van der Waals surface area (Å²) in [5.41, 5.74) is 0. The van der Waals surface area contributed by atoms with E-state index in [1.165, 1.54) is 0 Å². The first-order valence-corrected chi connectivity index (χ1v) is 7.73. The highest BCUT2D eigenvalue weighted by atomic mass is 16.5. The number of carbonyl (C=O) groups excluding carboxylic acids is 2. The first-order chi connectivity index (χ1) is 9.41. The summed E-state index contributed by atoms with van der Waals surface area (Å²) in [5.74, 6) is 0.658. The standard InChI is InChI=1S/C16H30O4/c1-13(2)10-11-19-15(17)8-6-5-7-9-16(18)20-12-14(3)4/h13-14H,5-12H2,1-4H3. The molecule has 0 unspecified atom stereocenters. The zero-order valence-electron chi connectivity index (χ0n) is 13.4. The number of hydrogen-bond donors (Lipinski definition) is 0. The summed E-state index contributed by atoms with van der Waals surface area (Å²) in [6.45, 7) is 9.23. The van der Waals surface area contributed by atoms with Crippen molar-refractivity contribution in [3.8, 4) is 0 Å². The lowest BCUT2D eigenvalue weighted by molar-refractivity contribution is -0.145. The number of esters is 2. The Morgan fingerprint density at radius 3 is 1.85 bits per heavy atom. The van der Waals surface area contributed by atoms with E-state index in [0.717, 1.165) is 25.7 Å². The van der Waals surface area contributed by atoms with Crippen molar-refractivity contribution in [3.63, 3.8) is 0 Å². The summed E-state index contributed by atoms with van der Waals surface area (Å²) in [4.78, 5) is 22.7. The maximum Gasteiger partial charge on any atom is 0.305 e. The van der Waals surface area contributed by atoms with E-state index in [4.69, 9.17) is 9.47 Å². The molecular formula is C16H30O4. The zero-order chi connectivity index (χ0) is 15.4. The predicted octanol–water partition coefficient (Wildman–Crippen LogP) is 3.73. The van der Waals surface area contributed by atoms with Crippen LogP contribution in [0.1, 0.15) is 66.2 Å². The summed E-state index contributed by atoms with van der Waals surface area (Å²) in [6.07, 6.45) is 4.20. The summed E-state index contributed by atoms with van der Waals surface area (Å²) in [7, 11) is 0. The quantitative estimate of drug-likeness (QED) is 0.429. The first kappa shape index (κ1) is 18.9. The molecule has 4 nitrogen and oxygen atoms in total. The lowest BCUT2D eigenvalue weighted by Crippen LogP contribution is -2.10. The van der Waals surface area contributed by atoms with Crippen molar-refractivity contribution < 1.29 is 19.1 Å². The van der Waals surface area contributed by atoms with E-state index in [0.29, 0.717) is 37.9 Å². The zero-order valence-corrected chi connectivity index (χ0v) is 13.4. The Labute approximate surface area is 123 Å². The average molecular weight is 286 g/mol. The van der Waals surface area contributed by atoms with Crippen LogP contribution in [0.5, 0.6) is 0 Å². The fourth-order valence-corrected chi connectivity index (χ4v) is 1.53. The minimum absolute atomic E-state index is 0.131. The van der Waals surface area contributed by atoms with Gasteiger partial charge in [0.2, 0.25) is 0 Å². The Bertz CT molecular complexity index is 272. The van der Waals surface area contributed by atoms with Crippen LogP contribution in [-0.4, -0.2) is 25.2 Å². The van der Waals surface area contributed by atoms with E-state index in [1.807, 2.05) is 13.8 Å². The Morgan fingerprint density at radius 2 is 1.35 bits per heavy atom. The van der Waals surface area contributed by atoms with Crippen molar-refractivity contribution in [3.05, 3.63) is 0 Å². The highest BCUT2D eigenvalue weighted by Crippen LogP contribution is 2.07. The Hall–Kier alpha value is -1.06. The van der Waals surface area contributed by atoms with Gasteiger partial charge in [-0.25, -0.2) is 0 Å². The molecular weight excluding hydrogens is 256 g/mol. The van der Waals surface area contributed by atoms with Gasteiger partial charge in [0.05, 0.1) is 13.2 Å². The Kier molecular flexibility index (Phi) is 11.1. The van der Waals surface area contributed by atoms with E-state index >= 15 is 0 Å². The molecule has 0 spiro atoms. The van der Waals surface area contributed by atoms with Crippen molar-refractivity contribution in [2.24, 2.45) is 11.8 Å². The molecule has 118 valence electrons. The van der Waals surface area contributed by atoms with Crippen LogP contribution in [0.4, 0.5) is 0 Å². The van der Waals surface area contributed by atoms with E-state index in [-0.39, 0.29) is 11.9 Å². The van der Waals surface area contributed by atoms with E-state index in [9.17, 15) is 9.59 Å². The fourth-order valence-electron chi connectivity index (χ4n) is 1.53. The van der Waals surface area contributed by atoms with Crippen LogP contribution in [0.25, 0.3) is 0 Å². The highest BCUT2D eigenvalue weighted by molar-refractivity contribution is 5.69. The number of hydrogen-bond acceptors (Lipinski definition) is 4. The third kappa shape index (κ3) is 13.4. The molecule has 0 fully saturated rings. The minimum Gasteiger partial charge on any atom is -0.466 e. The highest BCUT2D eigenvalue weighted by Gasteiger charge is 2.06. The number of ether oxygens (including phenoxy) is 2. The van der Waals surface area contributed by atoms with E-state index < -0.39 is 0 Å². The number of unbranched alkanes of at least 4 members (excludes halogenated alkanes) is 2. The summed E-state index contributed by atoms with van der Waals surface area (Å²) < 4.78 is 10.2. The molecule has 0 aromatic carbocycles. The van der Waals surface area contributed by atoms with Gasteiger partial charge < -0.3 is 9.47 Å². The number of carbonyl (C=O) groups is 2. The monoisotopic (exact) mass is 286 g/mol. The molecule has 0 amide bonds. The molecule has 0 saturated heterocycles. The molecule has 0 heterocycles. The van der Waals surface area contributed by atoms with Crippen molar-refractivity contribution in [2.45, 2.75) is 66.2 Å². The second-order valence-corrected chi connectivity index (χ2v) is 6.04. The SMILES string of the molecule is CC(C)CCOC(=O)CCCCCC(=O)OCC(C)C. The van der Waals surface area contributed by atoms with Gasteiger partial charge in [0, 0.05) is 12.8 Å². The molecule has 0 bridgehead atoms.